The van der Waals surface area contributed by atoms with Gasteiger partial charge in [0.1, 0.15) is 11.9 Å². The van der Waals surface area contributed by atoms with Gasteiger partial charge in [-0.15, -0.1) is 0 Å². The molecule has 0 spiro atoms. The fourth-order valence-corrected chi connectivity index (χ4v) is 1.72. The van der Waals surface area contributed by atoms with Crippen LogP contribution in [0.1, 0.15) is 17.6 Å². The molecule has 0 bridgehead atoms. The van der Waals surface area contributed by atoms with Crippen molar-refractivity contribution in [1.29, 1.82) is 0 Å². The molecule has 5 heteroatoms. The number of halogens is 2. The molecule has 16 heavy (non-hydrogen) atoms. The maximum absolute atomic E-state index is 9.85. The molecule has 0 fully saturated rings. The van der Waals surface area contributed by atoms with Crippen LogP contribution in [0, 0.1) is 0 Å². The third-order valence-corrected chi connectivity index (χ3v) is 2.79. The second kappa shape index (κ2) is 4.99. The summed E-state index contributed by atoms with van der Waals surface area (Å²) in [5.74, 6) is 0.453. The van der Waals surface area contributed by atoms with Crippen molar-refractivity contribution in [1.82, 2.24) is 4.98 Å². The Labute approximate surface area is 106 Å². The first kappa shape index (κ1) is 11.6. The summed E-state index contributed by atoms with van der Waals surface area (Å²) in [7, 11) is 0. The summed E-state index contributed by atoms with van der Waals surface area (Å²) >= 11 is 8.93. The van der Waals surface area contributed by atoms with Crippen LogP contribution in [0.15, 0.2) is 39.4 Å². The summed E-state index contributed by atoms with van der Waals surface area (Å²) in [6.45, 7) is 0. The van der Waals surface area contributed by atoms with E-state index < -0.39 is 6.10 Å². The molecular weight excluding hydrogens is 293 g/mol. The van der Waals surface area contributed by atoms with Crippen LogP contribution in [-0.4, -0.2) is 10.1 Å². The minimum atomic E-state index is -0.721. The molecule has 0 aliphatic rings. The first-order chi connectivity index (χ1) is 7.65. The summed E-state index contributed by atoms with van der Waals surface area (Å²) in [5, 5.41) is 10.1. The van der Waals surface area contributed by atoms with Gasteiger partial charge in [0.15, 0.2) is 5.22 Å². The Kier molecular flexibility index (Phi) is 3.63. The summed E-state index contributed by atoms with van der Waals surface area (Å²) < 4.78 is 6.03. The van der Waals surface area contributed by atoms with Gasteiger partial charge in [0, 0.05) is 22.8 Å². The molecule has 2 aromatic rings. The third kappa shape index (κ3) is 2.84. The summed E-state index contributed by atoms with van der Waals surface area (Å²) in [5.41, 5.74) is 0.795. The lowest BCUT2D eigenvalue weighted by Gasteiger charge is -2.06. The van der Waals surface area contributed by atoms with E-state index in [9.17, 15) is 5.11 Å². The average molecular weight is 303 g/mol. The lowest BCUT2D eigenvalue weighted by atomic mass is 10.1. The molecule has 0 saturated heterocycles. The van der Waals surface area contributed by atoms with Gasteiger partial charge < -0.3 is 9.52 Å². The summed E-state index contributed by atoms with van der Waals surface area (Å²) in [6, 6.07) is 6.99. The number of aliphatic hydroxyl groups is 1. The third-order valence-electron chi connectivity index (χ3n) is 2.11. The Balaban J connectivity index is 2.07. The van der Waals surface area contributed by atoms with Crippen molar-refractivity contribution in [2.75, 3.05) is 0 Å². The van der Waals surface area contributed by atoms with Gasteiger partial charge in [-0.05, 0) is 51.8 Å². The topological polar surface area (TPSA) is 46.3 Å². The molecule has 0 amide bonds. The first-order valence-corrected chi connectivity index (χ1v) is 5.86. The first-order valence-electron chi connectivity index (χ1n) is 4.69. The van der Waals surface area contributed by atoms with E-state index in [1.807, 2.05) is 12.1 Å². The monoisotopic (exact) mass is 301 g/mol. The van der Waals surface area contributed by atoms with Crippen LogP contribution in [0.5, 0.6) is 0 Å². The SMILES string of the molecule is OC(Cc1ccc(Br)cn1)c1ccc(Cl)o1. The highest BCUT2D eigenvalue weighted by molar-refractivity contribution is 9.10. The highest BCUT2D eigenvalue weighted by Crippen LogP contribution is 2.22. The highest BCUT2D eigenvalue weighted by atomic mass is 79.9. The van der Waals surface area contributed by atoms with E-state index in [-0.39, 0.29) is 5.22 Å². The predicted molar refractivity (Wildman–Crippen MR) is 64.3 cm³/mol. The minimum absolute atomic E-state index is 0.276. The number of hydrogen-bond donors (Lipinski definition) is 1. The van der Waals surface area contributed by atoms with Crippen molar-refractivity contribution in [2.24, 2.45) is 0 Å². The molecule has 0 aliphatic heterocycles. The molecule has 2 heterocycles. The number of hydrogen-bond acceptors (Lipinski definition) is 3. The summed E-state index contributed by atoms with van der Waals surface area (Å²) in [4.78, 5) is 4.17. The fourth-order valence-electron chi connectivity index (χ4n) is 1.33. The highest BCUT2D eigenvalue weighted by Gasteiger charge is 2.13. The van der Waals surface area contributed by atoms with Crippen molar-refractivity contribution in [3.63, 3.8) is 0 Å². The van der Waals surface area contributed by atoms with Gasteiger partial charge in [-0.25, -0.2) is 0 Å². The molecule has 2 rings (SSSR count). The largest absolute Gasteiger partial charge is 0.447 e. The number of nitrogens with zero attached hydrogens (tertiary/aromatic N) is 1. The van der Waals surface area contributed by atoms with Gasteiger partial charge >= 0.3 is 0 Å². The van der Waals surface area contributed by atoms with Crippen molar-refractivity contribution in [3.05, 3.63) is 51.6 Å². The zero-order chi connectivity index (χ0) is 11.5. The molecule has 1 unspecified atom stereocenters. The Hall–Kier alpha value is -0.840. The van der Waals surface area contributed by atoms with Crippen LogP contribution >= 0.6 is 27.5 Å². The van der Waals surface area contributed by atoms with Crippen LogP contribution in [0.25, 0.3) is 0 Å². The maximum Gasteiger partial charge on any atom is 0.193 e. The smallest absolute Gasteiger partial charge is 0.193 e. The molecule has 0 radical (unpaired) electrons. The lowest BCUT2D eigenvalue weighted by molar-refractivity contribution is 0.149. The van der Waals surface area contributed by atoms with Crippen LogP contribution < -0.4 is 0 Å². The van der Waals surface area contributed by atoms with E-state index in [4.69, 9.17) is 16.0 Å². The Morgan fingerprint density at radius 2 is 2.19 bits per heavy atom. The normalized spacial score (nSPS) is 12.7. The molecule has 2 aromatic heterocycles. The van der Waals surface area contributed by atoms with E-state index in [2.05, 4.69) is 20.9 Å². The van der Waals surface area contributed by atoms with Crippen molar-refractivity contribution < 1.29 is 9.52 Å². The van der Waals surface area contributed by atoms with E-state index in [1.165, 1.54) is 0 Å². The number of aliphatic hydroxyl groups excluding tert-OH is 1. The summed E-state index contributed by atoms with van der Waals surface area (Å²) in [6.07, 6.45) is 1.37. The quantitative estimate of drug-likeness (QED) is 0.945. The molecule has 0 saturated carbocycles. The predicted octanol–water partition coefficient (Wildman–Crippen LogP) is 3.37. The van der Waals surface area contributed by atoms with E-state index in [1.54, 1.807) is 18.3 Å². The van der Waals surface area contributed by atoms with Gasteiger partial charge in [-0.2, -0.15) is 0 Å². The zero-order valence-corrected chi connectivity index (χ0v) is 10.6. The molecule has 1 N–H and O–H groups in total. The van der Waals surface area contributed by atoms with Crippen LogP contribution in [0.3, 0.4) is 0 Å². The number of pyridine rings is 1. The molecular formula is C11H9BrClNO2. The molecule has 0 aromatic carbocycles. The second-order valence-electron chi connectivity index (χ2n) is 3.33. The second-order valence-corrected chi connectivity index (χ2v) is 4.62. The van der Waals surface area contributed by atoms with Gasteiger partial charge in [0.05, 0.1) is 0 Å². The van der Waals surface area contributed by atoms with E-state index >= 15 is 0 Å². The molecule has 84 valence electrons. The maximum atomic E-state index is 9.85. The minimum Gasteiger partial charge on any atom is -0.447 e. The molecule has 3 nitrogen and oxygen atoms in total. The fraction of sp³-hybridized carbons (Fsp3) is 0.182. The van der Waals surface area contributed by atoms with Crippen LogP contribution in [-0.2, 0) is 6.42 Å². The standard InChI is InChI=1S/C11H9BrClNO2/c12-7-1-2-8(14-6-7)5-9(15)10-3-4-11(13)16-10/h1-4,6,9,15H,5H2. The van der Waals surface area contributed by atoms with E-state index in [0.717, 1.165) is 10.2 Å². The number of furan rings is 1. The average Bonchev–Trinajstić information content (AvgIpc) is 2.68. The van der Waals surface area contributed by atoms with Crippen LogP contribution in [0.4, 0.5) is 0 Å². The van der Waals surface area contributed by atoms with Gasteiger partial charge in [-0.1, -0.05) is 0 Å². The number of aromatic nitrogens is 1. The molecule has 1 atom stereocenters. The number of rotatable bonds is 3. The van der Waals surface area contributed by atoms with Crippen molar-refractivity contribution in [2.45, 2.75) is 12.5 Å². The van der Waals surface area contributed by atoms with Crippen molar-refractivity contribution in [3.8, 4) is 0 Å². The van der Waals surface area contributed by atoms with Gasteiger partial charge in [0.25, 0.3) is 0 Å². The molecule has 0 aliphatic carbocycles. The Morgan fingerprint density at radius 3 is 2.75 bits per heavy atom. The van der Waals surface area contributed by atoms with Crippen LogP contribution in [0.2, 0.25) is 5.22 Å². The zero-order valence-electron chi connectivity index (χ0n) is 8.23. The van der Waals surface area contributed by atoms with Gasteiger partial charge in [-0.3, -0.25) is 4.98 Å². The van der Waals surface area contributed by atoms with E-state index in [0.29, 0.717) is 12.2 Å². The van der Waals surface area contributed by atoms with Gasteiger partial charge in [0.2, 0.25) is 0 Å². The lowest BCUT2D eigenvalue weighted by Crippen LogP contribution is -2.01. The Morgan fingerprint density at radius 1 is 1.38 bits per heavy atom. The Bertz CT molecular complexity index is 469. The van der Waals surface area contributed by atoms with Crippen molar-refractivity contribution >= 4 is 27.5 Å².